The van der Waals surface area contributed by atoms with Crippen LogP contribution in [0.1, 0.15) is 5.56 Å². The average molecular weight is 342 g/mol. The number of thiophene rings is 1. The number of hydrogen-bond donors (Lipinski definition) is 2. The van der Waals surface area contributed by atoms with Gasteiger partial charge in [-0.25, -0.2) is 0 Å². The Balaban J connectivity index is 1.99. The molecule has 0 bridgehead atoms. The lowest BCUT2D eigenvalue weighted by molar-refractivity contribution is 1.10. The predicted octanol–water partition coefficient (Wildman–Crippen LogP) is 5.82. The summed E-state index contributed by atoms with van der Waals surface area (Å²) in [5, 5.41) is 13.8. The second kappa shape index (κ2) is 6.54. The van der Waals surface area contributed by atoms with Gasteiger partial charge in [0.2, 0.25) is 0 Å². The monoisotopic (exact) mass is 342 g/mol. The lowest BCUT2D eigenvalue weighted by Crippen LogP contribution is -1.98. The van der Waals surface area contributed by atoms with Crippen LogP contribution in [0.5, 0.6) is 0 Å². The van der Waals surface area contributed by atoms with Gasteiger partial charge in [-0.2, -0.15) is 0 Å². The van der Waals surface area contributed by atoms with E-state index in [0.717, 1.165) is 5.56 Å². The molecule has 0 saturated heterocycles. The minimum atomic E-state index is 0.521. The van der Waals surface area contributed by atoms with Crippen LogP contribution >= 0.6 is 11.3 Å². The number of rotatable bonds is 4. The summed E-state index contributed by atoms with van der Waals surface area (Å²) in [6, 6.07) is 23.2. The van der Waals surface area contributed by atoms with E-state index in [1.165, 1.54) is 31.3 Å². The van der Waals surface area contributed by atoms with E-state index >= 15 is 0 Å². The molecule has 25 heavy (non-hydrogen) atoms. The highest BCUT2D eigenvalue weighted by Gasteiger charge is 2.13. The van der Waals surface area contributed by atoms with Crippen molar-refractivity contribution in [1.82, 2.24) is 5.32 Å². The third-order valence-electron chi connectivity index (χ3n) is 4.32. The molecule has 0 aliphatic rings. The minimum absolute atomic E-state index is 0.521. The third kappa shape index (κ3) is 2.73. The van der Waals surface area contributed by atoms with Gasteiger partial charge in [0.1, 0.15) is 0 Å². The van der Waals surface area contributed by atoms with Crippen molar-refractivity contribution >= 4 is 37.2 Å². The van der Waals surface area contributed by atoms with Crippen LogP contribution in [0.3, 0.4) is 0 Å². The Kier molecular flexibility index (Phi) is 4.08. The Bertz CT molecular complexity index is 1090. The second-order valence-corrected chi connectivity index (χ2v) is 6.89. The highest BCUT2D eigenvalue weighted by molar-refractivity contribution is 7.26. The second-order valence-electron chi connectivity index (χ2n) is 5.87. The summed E-state index contributed by atoms with van der Waals surface area (Å²) in [4.78, 5) is 0. The fourth-order valence-electron chi connectivity index (χ4n) is 3.13. The van der Waals surface area contributed by atoms with Crippen LogP contribution in [-0.4, -0.2) is 12.8 Å². The van der Waals surface area contributed by atoms with Crippen molar-refractivity contribution in [3.8, 4) is 11.1 Å². The quantitative estimate of drug-likeness (QED) is 0.450. The van der Waals surface area contributed by atoms with Gasteiger partial charge in [0.15, 0.2) is 0 Å². The van der Waals surface area contributed by atoms with E-state index in [4.69, 9.17) is 5.41 Å². The molecule has 3 aromatic carbocycles. The summed E-state index contributed by atoms with van der Waals surface area (Å²) in [7, 11) is 1.84. The fraction of sp³-hybridized carbons (Fsp3) is 0.0455. The molecule has 2 N–H and O–H groups in total. The Morgan fingerprint density at radius 2 is 1.60 bits per heavy atom. The number of hydrogen-bond acceptors (Lipinski definition) is 3. The van der Waals surface area contributed by atoms with Crippen LogP contribution in [-0.2, 0) is 0 Å². The molecule has 122 valence electrons. The van der Waals surface area contributed by atoms with Crippen LogP contribution in [0.4, 0.5) is 0 Å². The fourth-order valence-corrected chi connectivity index (χ4v) is 4.50. The molecule has 1 aromatic heterocycles. The van der Waals surface area contributed by atoms with Crippen LogP contribution < -0.4 is 5.32 Å². The van der Waals surface area contributed by atoms with Crippen molar-refractivity contribution in [2.24, 2.45) is 0 Å². The first-order valence-corrected chi connectivity index (χ1v) is 9.03. The molecular weight excluding hydrogens is 324 g/mol. The van der Waals surface area contributed by atoms with Gasteiger partial charge in [0.05, 0.1) is 5.71 Å². The maximum atomic E-state index is 8.39. The number of allylic oxidation sites excluding steroid dienone is 1. The van der Waals surface area contributed by atoms with Crippen molar-refractivity contribution in [2.45, 2.75) is 0 Å². The molecule has 0 saturated carbocycles. The first kappa shape index (κ1) is 15.6. The van der Waals surface area contributed by atoms with Crippen molar-refractivity contribution in [3.63, 3.8) is 0 Å². The maximum Gasteiger partial charge on any atom is 0.0640 e. The number of fused-ring (bicyclic) bond motifs is 3. The smallest absolute Gasteiger partial charge is 0.0640 e. The summed E-state index contributed by atoms with van der Waals surface area (Å²) >= 11 is 1.78. The van der Waals surface area contributed by atoms with E-state index in [0.29, 0.717) is 5.71 Å². The standard InChI is InChI=1S/C22H18N2S/c1-24-14-13-20(23)19-12-6-11-18-17-10-5-9-16(21(17)25-22(18)19)15-7-3-2-4-8-15/h2-14,23-24H,1H3/b14-13-,23-20?. The van der Waals surface area contributed by atoms with Gasteiger partial charge in [-0.1, -0.05) is 66.7 Å². The lowest BCUT2D eigenvalue weighted by atomic mass is 10.0. The van der Waals surface area contributed by atoms with Crippen LogP contribution in [0.2, 0.25) is 0 Å². The van der Waals surface area contributed by atoms with Crippen LogP contribution in [0, 0.1) is 5.41 Å². The van der Waals surface area contributed by atoms with E-state index in [9.17, 15) is 0 Å². The van der Waals surface area contributed by atoms with Crippen molar-refractivity contribution in [1.29, 1.82) is 5.41 Å². The molecule has 4 rings (SSSR count). The SMILES string of the molecule is CN/C=C\C(=N)c1cccc2c1sc1c(-c3ccccc3)cccc12. The molecule has 0 aliphatic heterocycles. The molecule has 0 fully saturated rings. The van der Waals surface area contributed by atoms with E-state index in [-0.39, 0.29) is 0 Å². The molecule has 0 spiro atoms. The zero-order chi connectivity index (χ0) is 17.2. The first-order valence-electron chi connectivity index (χ1n) is 8.22. The lowest BCUT2D eigenvalue weighted by Gasteiger charge is -2.02. The number of benzene rings is 3. The predicted molar refractivity (Wildman–Crippen MR) is 110 cm³/mol. The molecule has 0 aliphatic carbocycles. The van der Waals surface area contributed by atoms with Crippen LogP contribution in [0.15, 0.2) is 79.0 Å². The molecule has 1 heterocycles. The Morgan fingerprint density at radius 1 is 0.880 bits per heavy atom. The minimum Gasteiger partial charge on any atom is -0.394 e. The molecule has 0 atom stereocenters. The van der Waals surface area contributed by atoms with E-state index in [1.54, 1.807) is 23.6 Å². The van der Waals surface area contributed by atoms with Gasteiger partial charge >= 0.3 is 0 Å². The largest absolute Gasteiger partial charge is 0.394 e. The molecule has 3 heteroatoms. The highest BCUT2D eigenvalue weighted by atomic mass is 32.1. The van der Waals surface area contributed by atoms with E-state index in [1.807, 2.05) is 25.2 Å². The third-order valence-corrected chi connectivity index (χ3v) is 5.60. The summed E-state index contributed by atoms with van der Waals surface area (Å²) in [6.07, 6.45) is 3.60. The first-order chi connectivity index (χ1) is 12.3. The Hall–Kier alpha value is -2.91. The summed E-state index contributed by atoms with van der Waals surface area (Å²) in [6.45, 7) is 0. The molecule has 0 unspecified atom stereocenters. The normalized spacial score (nSPS) is 11.4. The molecule has 2 nitrogen and oxygen atoms in total. The van der Waals surface area contributed by atoms with E-state index < -0.39 is 0 Å². The summed E-state index contributed by atoms with van der Waals surface area (Å²) in [5.41, 5.74) is 3.98. The molecule has 4 aromatic rings. The van der Waals surface area contributed by atoms with Crippen molar-refractivity contribution < 1.29 is 0 Å². The van der Waals surface area contributed by atoms with Gasteiger partial charge in [0, 0.05) is 32.8 Å². The summed E-state index contributed by atoms with van der Waals surface area (Å²) < 4.78 is 2.45. The maximum absolute atomic E-state index is 8.39. The van der Waals surface area contributed by atoms with Gasteiger partial charge in [-0.05, 0) is 23.4 Å². The summed E-state index contributed by atoms with van der Waals surface area (Å²) in [5.74, 6) is 0. The van der Waals surface area contributed by atoms with E-state index in [2.05, 4.69) is 53.8 Å². The van der Waals surface area contributed by atoms with Crippen molar-refractivity contribution in [2.75, 3.05) is 7.05 Å². The zero-order valence-corrected chi connectivity index (χ0v) is 14.7. The molecule has 0 radical (unpaired) electrons. The van der Waals surface area contributed by atoms with Gasteiger partial charge < -0.3 is 10.7 Å². The van der Waals surface area contributed by atoms with Gasteiger partial charge in [-0.15, -0.1) is 11.3 Å². The molecule has 0 amide bonds. The van der Waals surface area contributed by atoms with Gasteiger partial charge in [0.25, 0.3) is 0 Å². The topological polar surface area (TPSA) is 35.9 Å². The van der Waals surface area contributed by atoms with Crippen molar-refractivity contribution in [3.05, 3.63) is 84.6 Å². The van der Waals surface area contributed by atoms with Crippen LogP contribution in [0.25, 0.3) is 31.3 Å². The number of nitrogens with one attached hydrogen (secondary N) is 2. The van der Waals surface area contributed by atoms with Gasteiger partial charge in [-0.3, -0.25) is 0 Å². The Labute approximate surface area is 150 Å². The average Bonchev–Trinajstić information content (AvgIpc) is 3.05. The zero-order valence-electron chi connectivity index (χ0n) is 13.9. The molecular formula is C22H18N2S. The Morgan fingerprint density at radius 3 is 2.36 bits per heavy atom. The highest BCUT2D eigenvalue weighted by Crippen LogP contribution is 2.41.